The Kier molecular flexibility index (Phi) is 5.78. The lowest BCUT2D eigenvalue weighted by Gasteiger charge is -2.12. The van der Waals surface area contributed by atoms with Crippen molar-refractivity contribution >= 4 is 45.4 Å². The van der Waals surface area contributed by atoms with Gasteiger partial charge in [0.25, 0.3) is 5.91 Å². The number of methoxy groups -OCH3 is 1. The van der Waals surface area contributed by atoms with Crippen LogP contribution in [0.2, 0.25) is 0 Å². The van der Waals surface area contributed by atoms with E-state index in [0.29, 0.717) is 15.1 Å². The molecule has 0 saturated carbocycles. The number of phenolic OH excluding ortho intramolecular Hbond substituents is 1. The highest BCUT2D eigenvalue weighted by Gasteiger charge is 2.27. The third kappa shape index (κ3) is 4.16. The third-order valence-electron chi connectivity index (χ3n) is 3.96. The molecule has 1 amide bonds. The molecule has 1 aliphatic heterocycles. The van der Waals surface area contributed by atoms with Gasteiger partial charge >= 0.3 is 0 Å². The fraction of sp³-hybridized carbons (Fsp3) is 0.211. The number of ether oxygens (including phenoxy) is 1. The number of rotatable bonds is 5. The second kappa shape index (κ2) is 8.05. The molecule has 1 aliphatic rings. The van der Waals surface area contributed by atoms with Crippen LogP contribution in [0.25, 0.3) is 6.08 Å². The highest BCUT2D eigenvalue weighted by atomic mass is 79.9. The van der Waals surface area contributed by atoms with E-state index in [1.165, 1.54) is 24.4 Å². The van der Waals surface area contributed by atoms with Crippen molar-refractivity contribution in [3.8, 4) is 11.5 Å². The number of carbonyl (C=O) groups excluding carboxylic acids is 1. The Bertz CT molecular complexity index is 853. The minimum Gasteiger partial charge on any atom is -0.503 e. The number of anilines is 1. The fourth-order valence-electron chi connectivity index (χ4n) is 2.54. The molecule has 0 unspecified atom stereocenters. The topological polar surface area (TPSA) is 70.6 Å². The minimum atomic E-state index is -0.233. The SMILES string of the molecule is CCc1ccc(N[C@@H]2NC(=O)/C(=C/c3cc(Br)c(O)c(OC)c3)S2)cc1. The number of aryl methyl sites for hydroxylation is 1. The van der Waals surface area contributed by atoms with Gasteiger partial charge in [0, 0.05) is 5.69 Å². The van der Waals surface area contributed by atoms with Crippen molar-refractivity contribution in [2.24, 2.45) is 0 Å². The van der Waals surface area contributed by atoms with Crippen LogP contribution in [0.4, 0.5) is 5.69 Å². The zero-order valence-electron chi connectivity index (χ0n) is 14.4. The standard InChI is InChI=1S/C19H19BrN2O3S/c1-3-11-4-6-13(7-5-11)21-19-22-18(24)16(26-19)10-12-8-14(20)17(23)15(9-12)25-2/h4-10,19,21,23H,3H2,1-2H3,(H,22,24)/b16-10-/t19-/m1/s1. The molecule has 2 aromatic carbocycles. The van der Waals surface area contributed by atoms with Crippen LogP contribution in [-0.2, 0) is 11.2 Å². The molecule has 1 fully saturated rings. The van der Waals surface area contributed by atoms with Gasteiger partial charge in [-0.25, -0.2) is 0 Å². The van der Waals surface area contributed by atoms with Crippen molar-refractivity contribution in [3.63, 3.8) is 0 Å². The number of amides is 1. The van der Waals surface area contributed by atoms with E-state index < -0.39 is 0 Å². The van der Waals surface area contributed by atoms with Gasteiger partial charge in [-0.3, -0.25) is 4.79 Å². The third-order valence-corrected chi connectivity index (χ3v) is 5.59. The fourth-order valence-corrected chi connectivity index (χ4v) is 3.98. The maximum Gasteiger partial charge on any atom is 0.260 e. The average molecular weight is 435 g/mol. The molecule has 1 heterocycles. The zero-order valence-corrected chi connectivity index (χ0v) is 16.8. The van der Waals surface area contributed by atoms with Crippen molar-refractivity contribution in [2.75, 3.05) is 12.4 Å². The van der Waals surface area contributed by atoms with Gasteiger partial charge < -0.3 is 20.5 Å². The zero-order chi connectivity index (χ0) is 18.7. The van der Waals surface area contributed by atoms with E-state index in [9.17, 15) is 9.90 Å². The summed E-state index contributed by atoms with van der Waals surface area (Å²) in [7, 11) is 1.49. The summed E-state index contributed by atoms with van der Waals surface area (Å²) in [5, 5.41) is 16.1. The average Bonchev–Trinajstić information content (AvgIpc) is 2.97. The molecule has 1 saturated heterocycles. The first kappa shape index (κ1) is 18.7. The lowest BCUT2D eigenvalue weighted by atomic mass is 10.1. The number of thioether (sulfide) groups is 1. The quantitative estimate of drug-likeness (QED) is 0.611. The molecule has 0 radical (unpaired) electrons. The summed E-state index contributed by atoms with van der Waals surface area (Å²) in [5.74, 6) is 0.245. The summed E-state index contributed by atoms with van der Waals surface area (Å²) in [6, 6.07) is 11.6. The van der Waals surface area contributed by atoms with E-state index in [1.54, 1.807) is 18.2 Å². The van der Waals surface area contributed by atoms with E-state index >= 15 is 0 Å². The van der Waals surface area contributed by atoms with Gasteiger partial charge in [-0.2, -0.15) is 0 Å². The summed E-state index contributed by atoms with van der Waals surface area (Å²) in [4.78, 5) is 12.8. The lowest BCUT2D eigenvalue weighted by molar-refractivity contribution is -0.116. The van der Waals surface area contributed by atoms with Crippen LogP contribution < -0.4 is 15.4 Å². The molecular formula is C19H19BrN2O3S. The molecule has 7 heteroatoms. The van der Waals surface area contributed by atoms with Gasteiger partial charge in [0.05, 0.1) is 16.5 Å². The largest absolute Gasteiger partial charge is 0.503 e. The molecule has 2 aromatic rings. The molecule has 5 nitrogen and oxygen atoms in total. The molecule has 1 atom stereocenters. The Morgan fingerprint density at radius 2 is 2.08 bits per heavy atom. The number of hydrogen-bond acceptors (Lipinski definition) is 5. The van der Waals surface area contributed by atoms with Gasteiger partial charge in [0.2, 0.25) is 0 Å². The van der Waals surface area contributed by atoms with E-state index in [0.717, 1.165) is 17.7 Å². The summed E-state index contributed by atoms with van der Waals surface area (Å²) in [6.45, 7) is 2.11. The number of halogens is 1. The minimum absolute atomic E-state index is 0.0354. The summed E-state index contributed by atoms with van der Waals surface area (Å²) in [6.07, 6.45) is 2.77. The summed E-state index contributed by atoms with van der Waals surface area (Å²) in [5.41, 5.74) is 2.75. The second-order valence-corrected chi connectivity index (χ2v) is 7.73. The Hall–Kier alpha value is -2.12. The summed E-state index contributed by atoms with van der Waals surface area (Å²) >= 11 is 4.70. The van der Waals surface area contributed by atoms with Crippen LogP contribution in [0, 0.1) is 0 Å². The number of phenols is 1. The van der Waals surface area contributed by atoms with Gasteiger partial charge in [-0.15, -0.1) is 0 Å². The van der Waals surface area contributed by atoms with E-state index in [1.807, 2.05) is 12.1 Å². The molecule has 0 aliphatic carbocycles. The van der Waals surface area contributed by atoms with Crippen LogP contribution in [0.5, 0.6) is 11.5 Å². The molecule has 0 aromatic heterocycles. The van der Waals surface area contributed by atoms with Crippen molar-refractivity contribution in [1.82, 2.24) is 5.32 Å². The Balaban J connectivity index is 1.75. The molecule has 0 spiro atoms. The molecular weight excluding hydrogens is 416 g/mol. The number of nitrogens with one attached hydrogen (secondary N) is 2. The van der Waals surface area contributed by atoms with Crippen LogP contribution in [0.15, 0.2) is 45.8 Å². The summed E-state index contributed by atoms with van der Waals surface area (Å²) < 4.78 is 5.66. The molecule has 3 rings (SSSR count). The van der Waals surface area contributed by atoms with E-state index in [2.05, 4.69) is 45.6 Å². The maximum absolute atomic E-state index is 12.3. The monoisotopic (exact) mass is 434 g/mol. The van der Waals surface area contributed by atoms with Crippen LogP contribution in [0.1, 0.15) is 18.1 Å². The van der Waals surface area contributed by atoms with Crippen LogP contribution in [0.3, 0.4) is 0 Å². The lowest BCUT2D eigenvalue weighted by Crippen LogP contribution is -2.30. The van der Waals surface area contributed by atoms with Gasteiger partial charge in [0.1, 0.15) is 0 Å². The molecule has 0 bridgehead atoms. The Morgan fingerprint density at radius 3 is 2.73 bits per heavy atom. The number of aromatic hydroxyl groups is 1. The van der Waals surface area contributed by atoms with Gasteiger partial charge in [-0.05, 0) is 63.8 Å². The Labute approximate surface area is 165 Å². The van der Waals surface area contributed by atoms with Crippen molar-refractivity contribution in [2.45, 2.75) is 18.8 Å². The van der Waals surface area contributed by atoms with Crippen LogP contribution in [-0.4, -0.2) is 23.6 Å². The van der Waals surface area contributed by atoms with Crippen LogP contribution >= 0.6 is 27.7 Å². The smallest absolute Gasteiger partial charge is 0.260 e. The predicted molar refractivity (Wildman–Crippen MR) is 109 cm³/mol. The molecule has 26 heavy (non-hydrogen) atoms. The van der Waals surface area contributed by atoms with E-state index in [4.69, 9.17) is 4.74 Å². The Morgan fingerprint density at radius 1 is 1.35 bits per heavy atom. The first-order chi connectivity index (χ1) is 12.5. The molecule has 3 N–H and O–H groups in total. The normalized spacial score (nSPS) is 18.0. The highest BCUT2D eigenvalue weighted by Crippen LogP contribution is 2.37. The molecule has 136 valence electrons. The van der Waals surface area contributed by atoms with E-state index in [-0.39, 0.29) is 17.2 Å². The highest BCUT2D eigenvalue weighted by molar-refractivity contribution is 9.10. The predicted octanol–water partition coefficient (Wildman–Crippen LogP) is 4.33. The van der Waals surface area contributed by atoms with Gasteiger partial charge in [0.15, 0.2) is 17.0 Å². The first-order valence-electron chi connectivity index (χ1n) is 8.11. The number of benzene rings is 2. The number of hydrogen-bond donors (Lipinski definition) is 3. The number of carbonyl (C=O) groups is 1. The van der Waals surface area contributed by atoms with Crippen molar-refractivity contribution in [3.05, 3.63) is 56.9 Å². The van der Waals surface area contributed by atoms with Crippen molar-refractivity contribution < 1.29 is 14.6 Å². The van der Waals surface area contributed by atoms with Crippen molar-refractivity contribution in [1.29, 1.82) is 0 Å². The second-order valence-electron chi connectivity index (χ2n) is 5.73. The van der Waals surface area contributed by atoms with Gasteiger partial charge in [-0.1, -0.05) is 30.8 Å². The maximum atomic E-state index is 12.3. The first-order valence-corrected chi connectivity index (χ1v) is 9.78.